The van der Waals surface area contributed by atoms with Crippen LogP contribution in [0.25, 0.3) is 0 Å². The van der Waals surface area contributed by atoms with Crippen LogP contribution in [-0.2, 0) is 24.0 Å². The van der Waals surface area contributed by atoms with Gasteiger partial charge in [0.05, 0.1) is 4.75 Å². The number of unbranched alkanes of at least 4 members (excludes halogenated alkanes) is 4. The van der Waals surface area contributed by atoms with Crippen molar-refractivity contribution in [2.24, 2.45) is 0 Å². The number of amides is 2. The van der Waals surface area contributed by atoms with Gasteiger partial charge in [0, 0.05) is 19.3 Å². The Morgan fingerprint density at radius 2 is 1.11 bits per heavy atom. The maximum absolute atomic E-state index is 12.0. The van der Waals surface area contributed by atoms with Crippen LogP contribution in [0, 0.1) is 0 Å². The van der Waals surface area contributed by atoms with Crippen LogP contribution < -0.4 is 0 Å². The van der Waals surface area contributed by atoms with Gasteiger partial charge < -0.3 is 4.84 Å². The van der Waals surface area contributed by atoms with Crippen LogP contribution in [0.15, 0.2) is 91.0 Å². The molecule has 6 heteroatoms. The molecule has 2 amide bonds. The number of rotatable bonds is 13. The van der Waals surface area contributed by atoms with E-state index in [-0.39, 0.29) is 24.0 Å². The maximum Gasteiger partial charge on any atom is 0.333 e. The van der Waals surface area contributed by atoms with Crippen molar-refractivity contribution in [1.29, 1.82) is 0 Å². The zero-order valence-corrected chi connectivity index (χ0v) is 21.8. The average Bonchev–Trinajstić information content (AvgIpc) is 3.26. The number of hydroxylamine groups is 2. The number of thioether (sulfide) groups is 1. The molecular formula is C31H33NO4S. The Bertz CT molecular complexity index is 1050. The summed E-state index contributed by atoms with van der Waals surface area (Å²) in [6.45, 7) is 0. The summed E-state index contributed by atoms with van der Waals surface area (Å²) in [7, 11) is 0. The van der Waals surface area contributed by atoms with Gasteiger partial charge in [0.15, 0.2) is 0 Å². The topological polar surface area (TPSA) is 63.7 Å². The molecule has 0 radical (unpaired) electrons. The predicted molar refractivity (Wildman–Crippen MR) is 147 cm³/mol. The second-order valence-electron chi connectivity index (χ2n) is 9.19. The second-order valence-corrected chi connectivity index (χ2v) is 10.5. The Balaban J connectivity index is 1.30. The van der Waals surface area contributed by atoms with Crippen LogP contribution in [0.1, 0.15) is 68.1 Å². The molecule has 1 heterocycles. The van der Waals surface area contributed by atoms with E-state index in [1.807, 2.05) is 11.8 Å². The smallest absolute Gasteiger partial charge is 0.330 e. The summed E-state index contributed by atoms with van der Waals surface area (Å²) in [5.74, 6) is -0.390. The van der Waals surface area contributed by atoms with Gasteiger partial charge in [0.25, 0.3) is 11.8 Å². The molecule has 3 aromatic rings. The molecule has 0 saturated carbocycles. The zero-order valence-electron chi connectivity index (χ0n) is 21.0. The molecule has 0 aromatic heterocycles. The highest BCUT2D eigenvalue weighted by atomic mass is 32.2. The number of hydrogen-bond acceptors (Lipinski definition) is 5. The van der Waals surface area contributed by atoms with E-state index in [4.69, 9.17) is 4.84 Å². The van der Waals surface area contributed by atoms with Crippen LogP contribution in [0.3, 0.4) is 0 Å². The van der Waals surface area contributed by atoms with E-state index in [2.05, 4.69) is 91.0 Å². The molecule has 1 aliphatic heterocycles. The molecule has 0 atom stereocenters. The lowest BCUT2D eigenvalue weighted by molar-refractivity contribution is -0.197. The zero-order chi connectivity index (χ0) is 25.9. The van der Waals surface area contributed by atoms with Gasteiger partial charge >= 0.3 is 5.97 Å². The molecule has 4 rings (SSSR count). The minimum absolute atomic E-state index is 0.115. The van der Waals surface area contributed by atoms with E-state index < -0.39 is 17.8 Å². The Morgan fingerprint density at radius 1 is 0.676 bits per heavy atom. The van der Waals surface area contributed by atoms with E-state index in [9.17, 15) is 14.4 Å². The van der Waals surface area contributed by atoms with E-state index in [0.717, 1.165) is 31.4 Å². The van der Waals surface area contributed by atoms with E-state index in [1.54, 1.807) is 0 Å². The molecule has 3 aromatic carbocycles. The summed E-state index contributed by atoms with van der Waals surface area (Å²) in [4.78, 5) is 40.0. The molecule has 0 unspecified atom stereocenters. The van der Waals surface area contributed by atoms with Crippen molar-refractivity contribution in [2.75, 3.05) is 5.75 Å². The van der Waals surface area contributed by atoms with Crippen molar-refractivity contribution < 1.29 is 19.2 Å². The highest BCUT2D eigenvalue weighted by Gasteiger charge is 2.36. The first-order valence-corrected chi connectivity index (χ1v) is 14.0. The van der Waals surface area contributed by atoms with E-state index in [1.165, 1.54) is 16.7 Å². The molecule has 192 valence electrons. The van der Waals surface area contributed by atoms with Gasteiger partial charge in [0.2, 0.25) is 0 Å². The number of hydrogen-bond donors (Lipinski definition) is 0. The lowest BCUT2D eigenvalue weighted by Crippen LogP contribution is -2.31. The SMILES string of the molecule is O=C(CCCCCCCSC(c1ccccc1)(c1ccccc1)c1ccccc1)ON1C(=O)CCC1=O. The van der Waals surface area contributed by atoms with E-state index in [0.29, 0.717) is 11.5 Å². The Kier molecular flexibility index (Phi) is 9.55. The highest BCUT2D eigenvalue weighted by molar-refractivity contribution is 8.00. The van der Waals surface area contributed by atoms with Gasteiger partial charge in [-0.15, -0.1) is 16.8 Å². The number of nitrogens with zero attached hydrogens (tertiary/aromatic N) is 1. The Hall–Kier alpha value is -3.38. The van der Waals surface area contributed by atoms with Crippen LogP contribution in [0.4, 0.5) is 0 Å². The third kappa shape index (κ3) is 6.69. The summed E-state index contributed by atoms with van der Waals surface area (Å²) in [6, 6.07) is 32.1. The third-order valence-corrected chi connectivity index (χ3v) is 8.22. The summed E-state index contributed by atoms with van der Waals surface area (Å²) >= 11 is 1.97. The number of carbonyl (C=O) groups excluding carboxylic acids is 3. The molecule has 0 aliphatic carbocycles. The molecule has 0 bridgehead atoms. The van der Waals surface area contributed by atoms with Gasteiger partial charge in [-0.1, -0.05) is 110 Å². The molecule has 0 N–H and O–H groups in total. The van der Waals surface area contributed by atoms with Crippen LogP contribution >= 0.6 is 11.8 Å². The molecular weight excluding hydrogens is 482 g/mol. The van der Waals surface area contributed by atoms with Crippen molar-refractivity contribution in [3.8, 4) is 0 Å². The normalized spacial score (nSPS) is 13.7. The Labute approximate surface area is 223 Å². The number of carbonyl (C=O) groups is 3. The Morgan fingerprint density at radius 3 is 1.59 bits per heavy atom. The van der Waals surface area contributed by atoms with Gasteiger partial charge in [-0.05, 0) is 35.3 Å². The molecule has 1 fully saturated rings. The number of benzene rings is 3. The molecule has 1 aliphatic rings. The summed E-state index contributed by atoms with van der Waals surface area (Å²) in [5, 5.41) is 0.623. The first-order chi connectivity index (χ1) is 18.1. The van der Waals surface area contributed by atoms with Gasteiger partial charge in [0.1, 0.15) is 0 Å². The van der Waals surface area contributed by atoms with Crippen molar-refractivity contribution in [3.05, 3.63) is 108 Å². The van der Waals surface area contributed by atoms with Gasteiger partial charge in [-0.2, -0.15) is 0 Å². The predicted octanol–water partition coefficient (Wildman–Crippen LogP) is 6.66. The largest absolute Gasteiger partial charge is 0.333 e. The minimum Gasteiger partial charge on any atom is -0.330 e. The van der Waals surface area contributed by atoms with Crippen LogP contribution in [0.5, 0.6) is 0 Å². The second kappa shape index (κ2) is 13.2. The first-order valence-electron chi connectivity index (χ1n) is 13.0. The van der Waals surface area contributed by atoms with Crippen molar-refractivity contribution in [2.45, 2.75) is 56.1 Å². The third-order valence-electron chi connectivity index (χ3n) is 6.58. The van der Waals surface area contributed by atoms with Crippen LogP contribution in [0.2, 0.25) is 0 Å². The van der Waals surface area contributed by atoms with Crippen LogP contribution in [-0.4, -0.2) is 28.6 Å². The fourth-order valence-electron chi connectivity index (χ4n) is 4.70. The first kappa shape index (κ1) is 26.7. The van der Waals surface area contributed by atoms with Crippen molar-refractivity contribution >= 4 is 29.5 Å². The summed E-state index contributed by atoms with van der Waals surface area (Å²) < 4.78 is -0.294. The quantitative estimate of drug-likeness (QED) is 0.145. The molecule has 1 saturated heterocycles. The number of imide groups is 1. The fourth-order valence-corrected chi connectivity index (χ4v) is 6.26. The standard InChI is InChI=1S/C31H33NO4S/c33-28-22-23-29(34)32(28)36-30(35)21-13-2-1-3-14-24-37-31(25-15-7-4-8-16-25,26-17-9-5-10-18-26)27-19-11-6-12-20-27/h4-12,15-20H,1-3,13-14,21-24H2. The lowest BCUT2D eigenvalue weighted by Gasteiger charge is -2.35. The molecule has 0 spiro atoms. The summed E-state index contributed by atoms with van der Waals surface area (Å²) in [5.41, 5.74) is 3.81. The highest BCUT2D eigenvalue weighted by Crippen LogP contribution is 2.48. The van der Waals surface area contributed by atoms with Crippen molar-refractivity contribution in [1.82, 2.24) is 5.06 Å². The lowest BCUT2D eigenvalue weighted by atomic mass is 9.84. The fraction of sp³-hybridized carbons (Fsp3) is 0.323. The summed E-state index contributed by atoms with van der Waals surface area (Å²) in [6.07, 6.45) is 5.19. The van der Waals surface area contributed by atoms with Gasteiger partial charge in [-0.3, -0.25) is 9.59 Å². The molecule has 5 nitrogen and oxygen atoms in total. The van der Waals surface area contributed by atoms with Gasteiger partial charge in [-0.25, -0.2) is 4.79 Å². The van der Waals surface area contributed by atoms with E-state index >= 15 is 0 Å². The monoisotopic (exact) mass is 515 g/mol. The maximum atomic E-state index is 12.0. The van der Waals surface area contributed by atoms with Crippen molar-refractivity contribution in [3.63, 3.8) is 0 Å². The molecule has 37 heavy (non-hydrogen) atoms. The average molecular weight is 516 g/mol. The minimum atomic E-state index is -0.516.